The summed E-state index contributed by atoms with van der Waals surface area (Å²) >= 11 is 0. The van der Waals surface area contributed by atoms with Crippen LogP contribution in [0.2, 0.25) is 0 Å². The van der Waals surface area contributed by atoms with Gasteiger partial charge in [0.2, 0.25) is 11.8 Å². The molecule has 0 N–H and O–H groups in total. The number of piperazine rings is 1. The van der Waals surface area contributed by atoms with E-state index in [1.54, 1.807) is 16.9 Å². The van der Waals surface area contributed by atoms with Crippen molar-refractivity contribution in [2.75, 3.05) is 39.8 Å². The third-order valence-corrected chi connectivity index (χ3v) is 6.62. The van der Waals surface area contributed by atoms with E-state index in [9.17, 15) is 14.4 Å². The van der Waals surface area contributed by atoms with E-state index in [4.69, 9.17) is 4.74 Å². The molecule has 2 atom stereocenters. The minimum Gasteiger partial charge on any atom is -0.497 e. The quantitative estimate of drug-likeness (QED) is 0.622. The van der Waals surface area contributed by atoms with Gasteiger partial charge in [0.1, 0.15) is 11.4 Å². The second kappa shape index (κ2) is 10.6. The average molecular weight is 466 g/mol. The van der Waals surface area contributed by atoms with Crippen LogP contribution in [0.1, 0.15) is 48.3 Å². The summed E-state index contributed by atoms with van der Waals surface area (Å²) in [5.74, 6) is 0.0990. The number of likely N-dealkylation sites (tertiary alicyclic amines) is 1. The van der Waals surface area contributed by atoms with Gasteiger partial charge in [0.15, 0.2) is 0 Å². The molecule has 1 aromatic heterocycles. The first-order chi connectivity index (χ1) is 16.5. The van der Waals surface area contributed by atoms with Crippen LogP contribution in [0.3, 0.4) is 0 Å². The third kappa shape index (κ3) is 4.88. The summed E-state index contributed by atoms with van der Waals surface area (Å²) in [5.41, 5.74) is 1.24. The zero-order chi connectivity index (χ0) is 24.1. The van der Waals surface area contributed by atoms with Crippen LogP contribution in [0.5, 0.6) is 5.75 Å². The molecule has 0 aliphatic carbocycles. The van der Waals surface area contributed by atoms with Gasteiger partial charge in [-0.15, -0.1) is 0 Å². The predicted octanol–water partition coefficient (Wildman–Crippen LogP) is 2.16. The van der Waals surface area contributed by atoms with Crippen LogP contribution in [0, 0.1) is 5.92 Å². The molecule has 34 heavy (non-hydrogen) atoms. The maximum Gasteiger partial charge on any atom is 0.274 e. The zero-order valence-corrected chi connectivity index (χ0v) is 19.7. The highest BCUT2D eigenvalue weighted by Gasteiger charge is 2.46. The number of methoxy groups -OCH3 is 1. The van der Waals surface area contributed by atoms with Crippen LogP contribution in [0.15, 0.2) is 42.9 Å². The third-order valence-electron chi connectivity index (χ3n) is 6.62. The van der Waals surface area contributed by atoms with E-state index in [0.717, 1.165) is 24.2 Å². The summed E-state index contributed by atoms with van der Waals surface area (Å²) in [4.78, 5) is 52.6. The second-order valence-corrected chi connectivity index (χ2v) is 8.68. The molecule has 2 unspecified atom stereocenters. The van der Waals surface area contributed by atoms with Crippen LogP contribution >= 0.6 is 0 Å². The lowest BCUT2D eigenvalue weighted by atomic mass is 9.91. The zero-order valence-electron chi connectivity index (χ0n) is 19.7. The molecule has 0 radical (unpaired) electrons. The van der Waals surface area contributed by atoms with Gasteiger partial charge in [-0.05, 0) is 24.1 Å². The van der Waals surface area contributed by atoms with Crippen molar-refractivity contribution in [1.29, 1.82) is 0 Å². The van der Waals surface area contributed by atoms with Gasteiger partial charge in [0.05, 0.1) is 25.3 Å². The van der Waals surface area contributed by atoms with Gasteiger partial charge in [-0.2, -0.15) is 0 Å². The number of ether oxygens (including phenoxy) is 1. The van der Waals surface area contributed by atoms with Crippen molar-refractivity contribution in [2.45, 2.75) is 32.2 Å². The number of hydrogen-bond acceptors (Lipinski definition) is 6. The summed E-state index contributed by atoms with van der Waals surface area (Å²) in [6.07, 6.45) is 6.54. The van der Waals surface area contributed by atoms with Gasteiger partial charge in [0.25, 0.3) is 5.91 Å². The number of unbranched alkanes of at least 4 members (excludes halogenated alkanes) is 1. The minimum absolute atomic E-state index is 0.0177. The predicted molar refractivity (Wildman–Crippen MR) is 125 cm³/mol. The first kappa shape index (κ1) is 23.7. The highest BCUT2D eigenvalue weighted by molar-refractivity contribution is 5.93. The smallest absolute Gasteiger partial charge is 0.274 e. The van der Waals surface area contributed by atoms with Crippen LogP contribution < -0.4 is 4.74 Å². The molecule has 2 fully saturated rings. The Morgan fingerprint density at radius 2 is 1.76 bits per heavy atom. The van der Waals surface area contributed by atoms with Gasteiger partial charge in [-0.3, -0.25) is 19.4 Å². The molecule has 9 nitrogen and oxygen atoms in total. The molecule has 4 rings (SSSR count). The fourth-order valence-corrected chi connectivity index (χ4v) is 4.75. The van der Waals surface area contributed by atoms with E-state index < -0.39 is 5.92 Å². The number of carbonyl (C=O) groups excluding carboxylic acids is 3. The molecule has 2 aliphatic rings. The Morgan fingerprint density at radius 3 is 2.38 bits per heavy atom. The van der Waals surface area contributed by atoms with E-state index in [1.165, 1.54) is 18.6 Å². The molecule has 0 bridgehead atoms. The highest BCUT2D eigenvalue weighted by Crippen LogP contribution is 2.40. The molecule has 3 heterocycles. The van der Waals surface area contributed by atoms with Crippen molar-refractivity contribution in [3.63, 3.8) is 0 Å². The Labute approximate surface area is 199 Å². The lowest BCUT2D eigenvalue weighted by Gasteiger charge is -2.37. The van der Waals surface area contributed by atoms with E-state index in [2.05, 4.69) is 16.9 Å². The standard InChI is InChI=1S/C25H31N5O4/c1-3-4-11-30-22(31)16-20(23(30)18-5-7-19(34-2)8-6-18)24(32)28-12-14-29(15-13-28)25(33)21-17-26-9-10-27-21/h5-10,17,20,23H,3-4,11-16H2,1-2H3. The molecule has 0 saturated carbocycles. The maximum absolute atomic E-state index is 13.6. The Hall–Kier alpha value is -3.49. The highest BCUT2D eigenvalue weighted by atomic mass is 16.5. The molecule has 2 saturated heterocycles. The Bertz CT molecular complexity index is 1010. The molecule has 2 aliphatic heterocycles. The average Bonchev–Trinajstić information content (AvgIpc) is 3.23. The molecular formula is C25H31N5O4. The summed E-state index contributed by atoms with van der Waals surface area (Å²) in [6, 6.07) is 7.33. The molecule has 0 spiro atoms. The first-order valence-electron chi connectivity index (χ1n) is 11.8. The topological polar surface area (TPSA) is 95.9 Å². The van der Waals surface area contributed by atoms with Gasteiger partial charge >= 0.3 is 0 Å². The number of nitrogens with zero attached hydrogens (tertiary/aromatic N) is 5. The number of rotatable bonds is 7. The fourth-order valence-electron chi connectivity index (χ4n) is 4.75. The van der Waals surface area contributed by atoms with Gasteiger partial charge in [-0.25, -0.2) is 4.98 Å². The number of aromatic nitrogens is 2. The van der Waals surface area contributed by atoms with Gasteiger partial charge in [0, 0.05) is 51.5 Å². The summed E-state index contributed by atoms with van der Waals surface area (Å²) in [7, 11) is 1.61. The van der Waals surface area contributed by atoms with Crippen molar-refractivity contribution in [1.82, 2.24) is 24.7 Å². The largest absolute Gasteiger partial charge is 0.497 e. The molecule has 180 valence electrons. The van der Waals surface area contributed by atoms with E-state index in [0.29, 0.717) is 38.4 Å². The Morgan fingerprint density at radius 1 is 1.06 bits per heavy atom. The van der Waals surface area contributed by atoms with Crippen molar-refractivity contribution >= 4 is 17.7 Å². The van der Waals surface area contributed by atoms with Crippen molar-refractivity contribution in [3.8, 4) is 5.75 Å². The van der Waals surface area contributed by atoms with E-state index in [1.807, 2.05) is 29.2 Å². The SMILES string of the molecule is CCCCN1C(=O)CC(C(=O)N2CCN(C(=O)c3cnccn3)CC2)C1c1ccc(OC)cc1. The Kier molecular flexibility index (Phi) is 7.40. The van der Waals surface area contributed by atoms with E-state index in [-0.39, 0.29) is 30.2 Å². The van der Waals surface area contributed by atoms with E-state index >= 15 is 0 Å². The minimum atomic E-state index is -0.444. The number of carbonyl (C=O) groups is 3. The lowest BCUT2D eigenvalue weighted by molar-refractivity contribution is -0.138. The van der Waals surface area contributed by atoms with Crippen LogP contribution in [-0.4, -0.2) is 82.2 Å². The van der Waals surface area contributed by atoms with Crippen LogP contribution in [-0.2, 0) is 9.59 Å². The van der Waals surface area contributed by atoms with Crippen LogP contribution in [0.25, 0.3) is 0 Å². The molecule has 2 aromatic rings. The Balaban J connectivity index is 1.48. The van der Waals surface area contributed by atoms with Crippen molar-refractivity contribution < 1.29 is 19.1 Å². The molecular weight excluding hydrogens is 434 g/mol. The van der Waals surface area contributed by atoms with Crippen molar-refractivity contribution in [2.24, 2.45) is 5.92 Å². The summed E-state index contributed by atoms with van der Waals surface area (Å²) in [5, 5.41) is 0. The van der Waals surface area contributed by atoms with Gasteiger partial charge in [-0.1, -0.05) is 25.5 Å². The fraction of sp³-hybridized carbons (Fsp3) is 0.480. The van der Waals surface area contributed by atoms with Crippen molar-refractivity contribution in [3.05, 3.63) is 54.1 Å². The molecule has 9 heteroatoms. The number of hydrogen-bond donors (Lipinski definition) is 0. The monoisotopic (exact) mass is 465 g/mol. The lowest BCUT2D eigenvalue weighted by Crippen LogP contribution is -2.52. The second-order valence-electron chi connectivity index (χ2n) is 8.68. The molecule has 3 amide bonds. The normalized spacial score (nSPS) is 20.5. The first-order valence-corrected chi connectivity index (χ1v) is 11.8. The summed E-state index contributed by atoms with van der Waals surface area (Å²) < 4.78 is 5.28. The molecule has 1 aromatic carbocycles. The number of benzene rings is 1. The maximum atomic E-state index is 13.6. The van der Waals surface area contributed by atoms with Gasteiger partial charge < -0.3 is 19.4 Å². The van der Waals surface area contributed by atoms with Crippen LogP contribution in [0.4, 0.5) is 0 Å². The summed E-state index contributed by atoms with van der Waals surface area (Å²) in [6.45, 7) is 4.44. The number of amides is 3.